The predicted molar refractivity (Wildman–Crippen MR) is 118 cm³/mol. The maximum Gasteiger partial charge on any atom is 0.279 e. The molecular formula is C24H25F2NO4S. The van der Waals surface area contributed by atoms with Crippen molar-refractivity contribution in [1.82, 2.24) is 4.98 Å². The van der Waals surface area contributed by atoms with Crippen LogP contribution in [0, 0.1) is 23.5 Å². The Balaban J connectivity index is 1.28. The van der Waals surface area contributed by atoms with Gasteiger partial charge in [-0.1, -0.05) is 18.3 Å². The van der Waals surface area contributed by atoms with Crippen molar-refractivity contribution in [1.29, 1.82) is 0 Å². The van der Waals surface area contributed by atoms with Crippen molar-refractivity contribution in [3.63, 3.8) is 0 Å². The van der Waals surface area contributed by atoms with E-state index in [1.807, 2.05) is 6.92 Å². The number of benzene rings is 2. The number of thiazole rings is 1. The van der Waals surface area contributed by atoms with Crippen LogP contribution in [0.3, 0.4) is 0 Å². The summed E-state index contributed by atoms with van der Waals surface area (Å²) < 4.78 is 45.5. The summed E-state index contributed by atoms with van der Waals surface area (Å²) in [5.74, 6) is 0.515. The molecule has 1 fully saturated rings. The van der Waals surface area contributed by atoms with Crippen LogP contribution in [0.4, 0.5) is 8.78 Å². The fraction of sp³-hybridized carbons (Fsp3) is 0.417. The number of nitrogens with zero attached hydrogens (tertiary/aromatic N) is 1. The normalized spacial score (nSPS) is 18.9. The van der Waals surface area contributed by atoms with Crippen molar-refractivity contribution in [2.45, 2.75) is 39.2 Å². The molecule has 5 nitrogen and oxygen atoms in total. The summed E-state index contributed by atoms with van der Waals surface area (Å²) in [7, 11) is 0. The second kappa shape index (κ2) is 9.92. The molecule has 170 valence electrons. The van der Waals surface area contributed by atoms with Gasteiger partial charge in [-0.25, -0.2) is 13.8 Å². The molecular weight excluding hydrogens is 436 g/mol. The molecule has 1 saturated carbocycles. The second-order valence-electron chi connectivity index (χ2n) is 8.38. The standard InChI is InChI=1S/C24H25F2NO4S/c1-14(9-15(2)28)12-29-19-10-16(11-19)13-30-21-8-7-20-23(22(21)26)32-24(27-20)31-18-5-3-17(25)4-6-18/h3-8,14,16,19H,9-13H2,1-2H3/t14-,16?,19?/m1/s1. The number of ether oxygens (including phenoxy) is 3. The Labute approximate surface area is 189 Å². The molecule has 0 unspecified atom stereocenters. The first-order valence-electron chi connectivity index (χ1n) is 10.6. The van der Waals surface area contributed by atoms with Crippen LogP contribution >= 0.6 is 11.3 Å². The van der Waals surface area contributed by atoms with Gasteiger partial charge in [-0.15, -0.1) is 0 Å². The Morgan fingerprint density at radius 2 is 1.94 bits per heavy atom. The Hall–Kier alpha value is -2.58. The molecule has 1 aromatic heterocycles. The van der Waals surface area contributed by atoms with Gasteiger partial charge >= 0.3 is 0 Å². The number of hydrogen-bond acceptors (Lipinski definition) is 6. The maximum absolute atomic E-state index is 14.9. The zero-order valence-corrected chi connectivity index (χ0v) is 18.8. The number of rotatable bonds is 10. The van der Waals surface area contributed by atoms with E-state index in [0.717, 1.165) is 24.2 Å². The number of halogens is 2. The van der Waals surface area contributed by atoms with Crippen molar-refractivity contribution < 1.29 is 27.8 Å². The van der Waals surface area contributed by atoms with Gasteiger partial charge in [-0.3, -0.25) is 0 Å². The van der Waals surface area contributed by atoms with Crippen LogP contribution in [-0.4, -0.2) is 30.1 Å². The van der Waals surface area contributed by atoms with Gasteiger partial charge in [-0.05, 0) is 68.0 Å². The minimum atomic E-state index is -0.459. The lowest BCUT2D eigenvalue weighted by Crippen LogP contribution is -2.36. The lowest BCUT2D eigenvalue weighted by molar-refractivity contribution is -0.119. The molecule has 2 aromatic carbocycles. The van der Waals surface area contributed by atoms with Crippen molar-refractivity contribution in [2.75, 3.05) is 13.2 Å². The number of aromatic nitrogens is 1. The third-order valence-corrected chi connectivity index (χ3v) is 6.32. The number of carbonyl (C=O) groups is 1. The van der Waals surface area contributed by atoms with Gasteiger partial charge in [0.1, 0.15) is 17.3 Å². The van der Waals surface area contributed by atoms with Crippen LogP contribution in [-0.2, 0) is 9.53 Å². The number of fused-ring (bicyclic) bond motifs is 1. The van der Waals surface area contributed by atoms with Crippen LogP contribution in [0.15, 0.2) is 36.4 Å². The Morgan fingerprint density at radius 3 is 2.66 bits per heavy atom. The first kappa shape index (κ1) is 22.6. The number of ketones is 1. The van der Waals surface area contributed by atoms with E-state index in [4.69, 9.17) is 14.2 Å². The summed E-state index contributed by atoms with van der Waals surface area (Å²) >= 11 is 1.08. The highest BCUT2D eigenvalue weighted by molar-refractivity contribution is 7.20. The fourth-order valence-corrected chi connectivity index (χ4v) is 4.55. The minimum absolute atomic E-state index is 0.176. The fourth-order valence-electron chi connectivity index (χ4n) is 3.68. The van der Waals surface area contributed by atoms with Crippen molar-refractivity contribution in [3.05, 3.63) is 48.0 Å². The Morgan fingerprint density at radius 1 is 1.19 bits per heavy atom. The van der Waals surface area contributed by atoms with Gasteiger partial charge < -0.3 is 19.0 Å². The highest BCUT2D eigenvalue weighted by Crippen LogP contribution is 2.37. The van der Waals surface area contributed by atoms with Crippen LogP contribution in [0.1, 0.15) is 33.1 Å². The van der Waals surface area contributed by atoms with E-state index in [9.17, 15) is 13.6 Å². The predicted octanol–water partition coefficient (Wildman–Crippen LogP) is 6.16. The highest BCUT2D eigenvalue weighted by atomic mass is 32.1. The minimum Gasteiger partial charge on any atom is -0.490 e. The highest BCUT2D eigenvalue weighted by Gasteiger charge is 2.31. The van der Waals surface area contributed by atoms with Crippen molar-refractivity contribution in [3.8, 4) is 16.7 Å². The summed E-state index contributed by atoms with van der Waals surface area (Å²) in [6, 6.07) is 8.84. The lowest BCUT2D eigenvalue weighted by atomic mass is 9.83. The molecule has 8 heteroatoms. The van der Waals surface area contributed by atoms with Gasteiger partial charge in [0.15, 0.2) is 11.6 Å². The molecule has 0 aliphatic heterocycles. The maximum atomic E-state index is 14.9. The molecule has 0 spiro atoms. The SMILES string of the molecule is CC(=O)C[C@@H](C)COC1CC(COc2ccc3nc(Oc4ccc(F)cc4)sc3c2F)C1. The Bertz CT molecular complexity index is 1080. The van der Waals surface area contributed by atoms with Gasteiger partial charge in [0, 0.05) is 13.0 Å². The third-order valence-electron chi connectivity index (χ3n) is 5.38. The van der Waals surface area contributed by atoms with E-state index in [2.05, 4.69) is 4.98 Å². The van der Waals surface area contributed by atoms with Crippen LogP contribution in [0.2, 0.25) is 0 Å². The zero-order valence-electron chi connectivity index (χ0n) is 18.0. The molecule has 0 N–H and O–H groups in total. The van der Waals surface area contributed by atoms with E-state index in [1.54, 1.807) is 19.1 Å². The number of hydrogen-bond donors (Lipinski definition) is 0. The first-order chi connectivity index (χ1) is 15.4. The summed E-state index contributed by atoms with van der Waals surface area (Å²) in [6.07, 6.45) is 2.45. The molecule has 32 heavy (non-hydrogen) atoms. The van der Waals surface area contributed by atoms with E-state index in [0.29, 0.717) is 41.5 Å². The third kappa shape index (κ3) is 5.61. The second-order valence-corrected chi connectivity index (χ2v) is 9.34. The average Bonchev–Trinajstić information content (AvgIpc) is 3.12. The summed E-state index contributed by atoms with van der Waals surface area (Å²) in [4.78, 5) is 15.4. The number of Topliss-reactive ketones (excluding diaryl/α,β-unsaturated/α-hetero) is 1. The van der Waals surface area contributed by atoms with Crippen LogP contribution in [0.25, 0.3) is 10.2 Å². The molecule has 0 bridgehead atoms. The molecule has 1 aliphatic carbocycles. The van der Waals surface area contributed by atoms with Gasteiger partial charge in [0.25, 0.3) is 5.19 Å². The lowest BCUT2D eigenvalue weighted by Gasteiger charge is -2.35. The molecule has 1 heterocycles. The molecule has 0 radical (unpaired) electrons. The largest absolute Gasteiger partial charge is 0.490 e. The van der Waals surface area contributed by atoms with E-state index >= 15 is 0 Å². The molecule has 1 atom stereocenters. The molecule has 1 aliphatic rings. The van der Waals surface area contributed by atoms with E-state index in [1.165, 1.54) is 24.3 Å². The first-order valence-corrected chi connectivity index (χ1v) is 11.5. The van der Waals surface area contributed by atoms with Crippen LogP contribution in [0.5, 0.6) is 16.7 Å². The van der Waals surface area contributed by atoms with E-state index < -0.39 is 5.82 Å². The summed E-state index contributed by atoms with van der Waals surface area (Å²) in [5.41, 5.74) is 0.480. The smallest absolute Gasteiger partial charge is 0.279 e. The van der Waals surface area contributed by atoms with Gasteiger partial charge in [-0.2, -0.15) is 0 Å². The summed E-state index contributed by atoms with van der Waals surface area (Å²) in [6.45, 7) is 4.60. The molecule has 0 saturated heterocycles. The molecule has 3 aromatic rings. The van der Waals surface area contributed by atoms with E-state index in [-0.39, 0.29) is 34.6 Å². The topological polar surface area (TPSA) is 57.7 Å². The Kier molecular flexibility index (Phi) is 7.01. The number of carbonyl (C=O) groups excluding carboxylic acids is 1. The summed E-state index contributed by atoms with van der Waals surface area (Å²) in [5, 5.41) is 0.278. The quantitative estimate of drug-likeness (QED) is 0.362. The van der Waals surface area contributed by atoms with Gasteiger partial charge in [0.05, 0.1) is 22.9 Å². The van der Waals surface area contributed by atoms with Crippen LogP contribution < -0.4 is 9.47 Å². The van der Waals surface area contributed by atoms with Gasteiger partial charge in [0.2, 0.25) is 0 Å². The molecule has 0 amide bonds. The monoisotopic (exact) mass is 461 g/mol. The average molecular weight is 462 g/mol. The van der Waals surface area contributed by atoms with Crippen molar-refractivity contribution in [2.24, 2.45) is 11.8 Å². The van der Waals surface area contributed by atoms with Crippen molar-refractivity contribution >= 4 is 27.3 Å². The zero-order chi connectivity index (χ0) is 22.7. The molecule has 4 rings (SSSR count).